The summed E-state index contributed by atoms with van der Waals surface area (Å²) in [7, 11) is 0. The van der Waals surface area contributed by atoms with Crippen LogP contribution in [0.2, 0.25) is 0 Å². The molecule has 10 heteroatoms. The van der Waals surface area contributed by atoms with Crippen LogP contribution in [-0.4, -0.2) is 54.8 Å². The molecule has 0 spiro atoms. The van der Waals surface area contributed by atoms with Gasteiger partial charge in [-0.1, -0.05) is 18.2 Å². The molecule has 1 fully saturated rings. The Kier molecular flexibility index (Phi) is 7.38. The normalized spacial score (nSPS) is 17.7. The van der Waals surface area contributed by atoms with Crippen LogP contribution in [0.5, 0.6) is 0 Å². The van der Waals surface area contributed by atoms with Gasteiger partial charge in [-0.15, -0.1) is 0 Å². The molecule has 154 valence electrons. The summed E-state index contributed by atoms with van der Waals surface area (Å²) < 4.78 is 39.7. The lowest BCUT2D eigenvalue weighted by Crippen LogP contribution is -2.56. The van der Waals surface area contributed by atoms with E-state index in [-0.39, 0.29) is 37.5 Å². The molecule has 0 aromatic heterocycles. The zero-order chi connectivity index (χ0) is 20.7. The SMILES string of the molecule is CC(=O)NCCNC(=O)C[C@@H]1C(=O)NCCN1Cc1ccccc1C(F)(F)F. The van der Waals surface area contributed by atoms with Crippen molar-refractivity contribution < 1.29 is 27.6 Å². The van der Waals surface area contributed by atoms with Gasteiger partial charge in [-0.05, 0) is 11.6 Å². The zero-order valence-electron chi connectivity index (χ0n) is 15.4. The maximum atomic E-state index is 13.2. The molecule has 3 N–H and O–H groups in total. The van der Waals surface area contributed by atoms with E-state index in [0.29, 0.717) is 13.1 Å². The van der Waals surface area contributed by atoms with Crippen molar-refractivity contribution in [2.75, 3.05) is 26.2 Å². The Balaban J connectivity index is 2.04. The van der Waals surface area contributed by atoms with Crippen LogP contribution in [0.15, 0.2) is 24.3 Å². The Morgan fingerprint density at radius 3 is 2.57 bits per heavy atom. The lowest BCUT2D eigenvalue weighted by Gasteiger charge is -2.35. The van der Waals surface area contributed by atoms with Crippen molar-refractivity contribution in [3.05, 3.63) is 35.4 Å². The number of alkyl halides is 3. The van der Waals surface area contributed by atoms with Crippen LogP contribution in [0.1, 0.15) is 24.5 Å². The molecule has 1 aromatic rings. The number of benzene rings is 1. The molecule has 1 aliphatic rings. The molecule has 1 heterocycles. The number of nitrogens with one attached hydrogen (secondary N) is 3. The van der Waals surface area contributed by atoms with E-state index in [1.807, 2.05) is 0 Å². The molecule has 1 atom stereocenters. The summed E-state index contributed by atoms with van der Waals surface area (Å²) >= 11 is 0. The van der Waals surface area contributed by atoms with E-state index >= 15 is 0 Å². The van der Waals surface area contributed by atoms with Crippen molar-refractivity contribution in [1.82, 2.24) is 20.9 Å². The van der Waals surface area contributed by atoms with E-state index in [0.717, 1.165) is 6.07 Å². The van der Waals surface area contributed by atoms with Gasteiger partial charge in [0.05, 0.1) is 18.0 Å². The van der Waals surface area contributed by atoms with Gasteiger partial charge in [0.2, 0.25) is 17.7 Å². The van der Waals surface area contributed by atoms with Crippen molar-refractivity contribution in [3.8, 4) is 0 Å². The second-order valence-corrected chi connectivity index (χ2v) is 6.47. The average Bonchev–Trinajstić information content (AvgIpc) is 2.61. The number of hydrogen-bond donors (Lipinski definition) is 3. The van der Waals surface area contributed by atoms with E-state index in [4.69, 9.17) is 0 Å². The third kappa shape index (κ3) is 6.22. The molecular formula is C18H23F3N4O3. The number of amides is 3. The van der Waals surface area contributed by atoms with Gasteiger partial charge in [-0.3, -0.25) is 19.3 Å². The predicted octanol–water partition coefficient (Wildman–Crippen LogP) is 0.648. The van der Waals surface area contributed by atoms with Crippen LogP contribution in [-0.2, 0) is 27.1 Å². The van der Waals surface area contributed by atoms with Crippen molar-refractivity contribution in [1.29, 1.82) is 0 Å². The van der Waals surface area contributed by atoms with Crippen LogP contribution in [0.3, 0.4) is 0 Å². The number of nitrogens with zero attached hydrogens (tertiary/aromatic N) is 1. The highest BCUT2D eigenvalue weighted by Gasteiger charge is 2.36. The summed E-state index contributed by atoms with van der Waals surface area (Å²) in [5, 5.41) is 7.75. The summed E-state index contributed by atoms with van der Waals surface area (Å²) in [6, 6.07) is 4.34. The number of hydrogen-bond acceptors (Lipinski definition) is 4. The number of rotatable bonds is 7. The van der Waals surface area contributed by atoms with Crippen LogP contribution < -0.4 is 16.0 Å². The second kappa shape index (κ2) is 9.54. The summed E-state index contributed by atoms with van der Waals surface area (Å²) in [5.41, 5.74) is -0.694. The topological polar surface area (TPSA) is 90.5 Å². The van der Waals surface area contributed by atoms with E-state index in [9.17, 15) is 27.6 Å². The molecule has 28 heavy (non-hydrogen) atoms. The van der Waals surface area contributed by atoms with Gasteiger partial charge >= 0.3 is 6.18 Å². The second-order valence-electron chi connectivity index (χ2n) is 6.47. The highest BCUT2D eigenvalue weighted by Crippen LogP contribution is 2.32. The summed E-state index contributed by atoms with van der Waals surface area (Å²) in [5.74, 6) is -1.04. The highest BCUT2D eigenvalue weighted by atomic mass is 19.4. The largest absolute Gasteiger partial charge is 0.416 e. The van der Waals surface area contributed by atoms with Crippen LogP contribution >= 0.6 is 0 Å². The first-order chi connectivity index (χ1) is 13.2. The van der Waals surface area contributed by atoms with E-state index in [1.54, 1.807) is 4.90 Å². The van der Waals surface area contributed by atoms with Gasteiger partial charge < -0.3 is 16.0 Å². The fraction of sp³-hybridized carbons (Fsp3) is 0.500. The Labute approximate surface area is 160 Å². The van der Waals surface area contributed by atoms with Crippen molar-refractivity contribution >= 4 is 17.7 Å². The fourth-order valence-corrected chi connectivity index (χ4v) is 3.01. The maximum absolute atomic E-state index is 13.2. The number of carbonyl (C=O) groups excluding carboxylic acids is 3. The Bertz CT molecular complexity index is 724. The third-order valence-corrected chi connectivity index (χ3v) is 4.34. The number of piperazine rings is 1. The van der Waals surface area contributed by atoms with Crippen molar-refractivity contribution in [2.45, 2.75) is 32.1 Å². The molecule has 1 saturated heterocycles. The number of carbonyl (C=O) groups is 3. The third-order valence-electron chi connectivity index (χ3n) is 4.34. The smallest absolute Gasteiger partial charge is 0.355 e. The van der Waals surface area contributed by atoms with Gasteiger partial charge in [0.15, 0.2) is 0 Å². The first kappa shape index (κ1) is 21.7. The summed E-state index contributed by atoms with van der Waals surface area (Å²) in [6.07, 6.45) is -4.68. The molecule has 0 bridgehead atoms. The first-order valence-corrected chi connectivity index (χ1v) is 8.86. The zero-order valence-corrected chi connectivity index (χ0v) is 15.4. The van der Waals surface area contributed by atoms with Crippen molar-refractivity contribution in [3.63, 3.8) is 0 Å². The van der Waals surface area contributed by atoms with Crippen LogP contribution in [0.25, 0.3) is 0 Å². The minimum absolute atomic E-state index is 0.0563. The molecule has 0 saturated carbocycles. The molecular weight excluding hydrogens is 377 g/mol. The minimum Gasteiger partial charge on any atom is -0.355 e. The Morgan fingerprint density at radius 2 is 1.89 bits per heavy atom. The van der Waals surface area contributed by atoms with Crippen LogP contribution in [0.4, 0.5) is 13.2 Å². The lowest BCUT2D eigenvalue weighted by atomic mass is 10.0. The lowest BCUT2D eigenvalue weighted by molar-refractivity contribution is -0.139. The molecule has 0 aliphatic carbocycles. The van der Waals surface area contributed by atoms with E-state index in [2.05, 4.69) is 16.0 Å². The predicted molar refractivity (Wildman–Crippen MR) is 95.0 cm³/mol. The average molecular weight is 400 g/mol. The molecule has 0 radical (unpaired) electrons. The maximum Gasteiger partial charge on any atom is 0.416 e. The summed E-state index contributed by atoms with van der Waals surface area (Å²) in [4.78, 5) is 36.7. The standard InChI is InChI=1S/C18H23F3N4O3/c1-12(26)22-6-7-23-16(27)10-15-17(28)24-8-9-25(15)11-13-4-2-3-5-14(13)18(19,20)21/h2-5,15H,6-11H2,1H3,(H,22,26)(H,23,27)(H,24,28)/t15-/m1/s1. The molecule has 0 unspecified atom stereocenters. The van der Waals surface area contributed by atoms with Gasteiger partial charge in [-0.25, -0.2) is 0 Å². The van der Waals surface area contributed by atoms with E-state index in [1.165, 1.54) is 25.1 Å². The molecule has 3 amide bonds. The first-order valence-electron chi connectivity index (χ1n) is 8.86. The van der Waals surface area contributed by atoms with Gasteiger partial charge in [-0.2, -0.15) is 13.2 Å². The monoisotopic (exact) mass is 400 g/mol. The quantitative estimate of drug-likeness (QED) is 0.587. The fourth-order valence-electron chi connectivity index (χ4n) is 3.01. The van der Waals surface area contributed by atoms with Crippen LogP contribution in [0, 0.1) is 0 Å². The van der Waals surface area contributed by atoms with Gasteiger partial charge in [0.1, 0.15) is 0 Å². The highest BCUT2D eigenvalue weighted by molar-refractivity contribution is 5.88. The number of halogens is 3. The van der Waals surface area contributed by atoms with Crippen molar-refractivity contribution in [2.24, 2.45) is 0 Å². The van der Waals surface area contributed by atoms with E-state index < -0.39 is 29.6 Å². The van der Waals surface area contributed by atoms with Gasteiger partial charge in [0, 0.05) is 39.6 Å². The Morgan fingerprint density at radius 1 is 1.21 bits per heavy atom. The van der Waals surface area contributed by atoms with Gasteiger partial charge in [0.25, 0.3) is 0 Å². The molecule has 1 aromatic carbocycles. The molecule has 1 aliphatic heterocycles. The molecule has 2 rings (SSSR count). The minimum atomic E-state index is -4.49. The Hall–Kier alpha value is -2.62. The summed E-state index contributed by atoms with van der Waals surface area (Å²) in [6.45, 7) is 2.34. The molecule has 7 nitrogen and oxygen atoms in total.